The third-order valence-electron chi connectivity index (χ3n) is 5.81. The Balaban J connectivity index is 2.90. The Bertz CT molecular complexity index is 586. The van der Waals surface area contributed by atoms with E-state index in [9.17, 15) is 9.90 Å². The lowest BCUT2D eigenvalue weighted by Crippen LogP contribution is -2.66. The van der Waals surface area contributed by atoms with E-state index in [1.807, 2.05) is 33.8 Å². The van der Waals surface area contributed by atoms with Gasteiger partial charge in [0.05, 0.1) is 12.7 Å². The maximum Gasteiger partial charge on any atom is 0.197 e. The molecule has 6 nitrogen and oxygen atoms in total. The lowest BCUT2D eigenvalue weighted by atomic mass is 9.89. The van der Waals surface area contributed by atoms with Gasteiger partial charge in [0.15, 0.2) is 11.6 Å². The van der Waals surface area contributed by atoms with E-state index < -0.39 is 30.2 Å². The molecule has 0 radical (unpaired) electrons. The molecule has 1 saturated heterocycles. The summed E-state index contributed by atoms with van der Waals surface area (Å²) in [5, 5.41) is 10.5. The number of carbonyl (C=O) groups is 1. The number of aliphatic hydroxyl groups is 1. The summed E-state index contributed by atoms with van der Waals surface area (Å²) in [6.45, 7) is 12.3. The monoisotopic (exact) mass is 426 g/mol. The molecule has 0 saturated carbocycles. The SMILES string of the molecule is CCCC1(OCC(C)C=C(C)C=CC(=O)C(C)CC)OC(C)C(O)C(OC)C1OC. The first-order chi connectivity index (χ1) is 14.1. The second-order valence-corrected chi connectivity index (χ2v) is 8.48. The van der Waals surface area contributed by atoms with Crippen molar-refractivity contribution in [3.05, 3.63) is 23.8 Å². The predicted octanol–water partition coefficient (Wildman–Crippen LogP) is 4.06. The van der Waals surface area contributed by atoms with Crippen LogP contribution in [0, 0.1) is 11.8 Å². The Morgan fingerprint density at radius 3 is 2.40 bits per heavy atom. The fourth-order valence-electron chi connectivity index (χ4n) is 3.87. The van der Waals surface area contributed by atoms with Gasteiger partial charge in [0.1, 0.15) is 18.3 Å². The highest BCUT2D eigenvalue weighted by Crippen LogP contribution is 2.38. The van der Waals surface area contributed by atoms with Crippen molar-refractivity contribution in [3.8, 4) is 0 Å². The van der Waals surface area contributed by atoms with Crippen LogP contribution < -0.4 is 0 Å². The van der Waals surface area contributed by atoms with E-state index in [2.05, 4.69) is 19.9 Å². The van der Waals surface area contributed by atoms with Gasteiger partial charge in [-0.1, -0.05) is 51.8 Å². The highest BCUT2D eigenvalue weighted by atomic mass is 16.7. The Morgan fingerprint density at radius 1 is 1.20 bits per heavy atom. The molecule has 7 atom stereocenters. The summed E-state index contributed by atoms with van der Waals surface area (Å²) < 4.78 is 23.8. The third kappa shape index (κ3) is 6.99. The molecule has 6 heteroatoms. The molecule has 0 aromatic rings. The molecule has 7 unspecified atom stereocenters. The van der Waals surface area contributed by atoms with Gasteiger partial charge in [0, 0.05) is 26.6 Å². The van der Waals surface area contributed by atoms with Crippen LogP contribution in [0.15, 0.2) is 23.8 Å². The molecule has 0 spiro atoms. The number of allylic oxidation sites excluding steroid dienone is 3. The fourth-order valence-corrected chi connectivity index (χ4v) is 3.87. The molecule has 1 heterocycles. The van der Waals surface area contributed by atoms with Crippen molar-refractivity contribution in [1.82, 2.24) is 0 Å². The minimum Gasteiger partial charge on any atom is -0.388 e. The van der Waals surface area contributed by atoms with E-state index in [1.165, 1.54) is 0 Å². The molecule has 1 fully saturated rings. The normalized spacial score (nSPS) is 32.4. The van der Waals surface area contributed by atoms with Crippen LogP contribution in [0.1, 0.15) is 60.8 Å². The highest BCUT2D eigenvalue weighted by Gasteiger charge is 2.54. The van der Waals surface area contributed by atoms with Gasteiger partial charge in [-0.25, -0.2) is 0 Å². The van der Waals surface area contributed by atoms with E-state index in [0.29, 0.717) is 13.0 Å². The molecule has 0 bridgehead atoms. The Kier molecular flexibility index (Phi) is 11.4. The first kappa shape index (κ1) is 27.0. The van der Waals surface area contributed by atoms with Crippen LogP contribution in [0.2, 0.25) is 0 Å². The topological polar surface area (TPSA) is 74.2 Å². The maximum absolute atomic E-state index is 12.0. The van der Waals surface area contributed by atoms with E-state index in [1.54, 1.807) is 20.3 Å². The first-order valence-corrected chi connectivity index (χ1v) is 11.1. The van der Waals surface area contributed by atoms with Crippen molar-refractivity contribution in [2.45, 2.75) is 91.0 Å². The first-order valence-electron chi connectivity index (χ1n) is 11.1. The van der Waals surface area contributed by atoms with Gasteiger partial charge in [-0.05, 0) is 32.3 Å². The molecule has 0 amide bonds. The molecular weight excluding hydrogens is 384 g/mol. The van der Waals surface area contributed by atoms with Crippen molar-refractivity contribution in [2.24, 2.45) is 11.8 Å². The molecule has 1 aliphatic rings. The van der Waals surface area contributed by atoms with E-state index in [0.717, 1.165) is 18.4 Å². The van der Waals surface area contributed by atoms with Gasteiger partial charge >= 0.3 is 0 Å². The van der Waals surface area contributed by atoms with Crippen molar-refractivity contribution < 1.29 is 28.8 Å². The predicted molar refractivity (Wildman–Crippen MR) is 118 cm³/mol. The summed E-state index contributed by atoms with van der Waals surface area (Å²) >= 11 is 0. The van der Waals surface area contributed by atoms with Crippen LogP contribution in [0.25, 0.3) is 0 Å². The summed E-state index contributed by atoms with van der Waals surface area (Å²) in [6.07, 6.45) is 5.60. The van der Waals surface area contributed by atoms with E-state index in [-0.39, 0.29) is 17.6 Å². The molecule has 1 aliphatic heterocycles. The summed E-state index contributed by atoms with van der Waals surface area (Å²) in [7, 11) is 3.15. The van der Waals surface area contributed by atoms with Crippen molar-refractivity contribution >= 4 is 5.78 Å². The van der Waals surface area contributed by atoms with E-state index in [4.69, 9.17) is 18.9 Å². The van der Waals surface area contributed by atoms with Gasteiger partial charge < -0.3 is 24.1 Å². The van der Waals surface area contributed by atoms with Gasteiger partial charge in [-0.15, -0.1) is 0 Å². The van der Waals surface area contributed by atoms with Crippen LogP contribution in [-0.2, 0) is 23.7 Å². The van der Waals surface area contributed by atoms with Crippen molar-refractivity contribution in [1.29, 1.82) is 0 Å². The number of methoxy groups -OCH3 is 2. The Labute approximate surface area is 182 Å². The van der Waals surface area contributed by atoms with Gasteiger partial charge in [-0.3, -0.25) is 4.79 Å². The number of aliphatic hydroxyl groups excluding tert-OH is 1. The smallest absolute Gasteiger partial charge is 0.197 e. The quantitative estimate of drug-likeness (QED) is 0.375. The molecule has 1 rings (SSSR count). The highest BCUT2D eigenvalue weighted by molar-refractivity contribution is 5.91. The average Bonchev–Trinajstić information content (AvgIpc) is 2.72. The van der Waals surface area contributed by atoms with Crippen molar-refractivity contribution in [3.63, 3.8) is 0 Å². The molecule has 174 valence electrons. The summed E-state index contributed by atoms with van der Waals surface area (Å²) in [6, 6.07) is 0. The number of rotatable bonds is 12. The van der Waals surface area contributed by atoms with Crippen molar-refractivity contribution in [2.75, 3.05) is 20.8 Å². The average molecular weight is 427 g/mol. The number of hydrogen-bond acceptors (Lipinski definition) is 6. The summed E-state index contributed by atoms with van der Waals surface area (Å²) in [5.74, 6) is -0.690. The van der Waals surface area contributed by atoms with Crippen LogP contribution in [-0.4, -0.2) is 61.9 Å². The standard InChI is InChI=1S/C24H42O6/c1-9-13-24(23(28-8)22(27-7)21(26)19(6)30-24)29-15-17(4)14-16(3)11-12-20(25)18(5)10-2/h11-12,14,17-19,21-23,26H,9-10,13,15H2,1-8H3. The van der Waals surface area contributed by atoms with Gasteiger partial charge in [0.25, 0.3) is 0 Å². The molecule has 0 aromatic heterocycles. The minimum absolute atomic E-state index is 0.0456. The van der Waals surface area contributed by atoms with Crippen LogP contribution in [0.4, 0.5) is 0 Å². The summed E-state index contributed by atoms with van der Waals surface area (Å²) in [4.78, 5) is 12.0. The molecule has 0 aromatic carbocycles. The largest absolute Gasteiger partial charge is 0.388 e. The molecule has 1 N–H and O–H groups in total. The second-order valence-electron chi connectivity index (χ2n) is 8.48. The number of carbonyl (C=O) groups excluding carboxylic acids is 1. The number of ketones is 1. The van der Waals surface area contributed by atoms with Crippen LogP contribution in [0.3, 0.4) is 0 Å². The molecule has 30 heavy (non-hydrogen) atoms. The zero-order valence-corrected chi connectivity index (χ0v) is 20.0. The number of hydrogen-bond donors (Lipinski definition) is 1. The summed E-state index contributed by atoms with van der Waals surface area (Å²) in [5.41, 5.74) is 1.01. The van der Waals surface area contributed by atoms with E-state index >= 15 is 0 Å². The third-order valence-corrected chi connectivity index (χ3v) is 5.81. The molecular formula is C24H42O6. The van der Waals surface area contributed by atoms with Crippen LogP contribution >= 0.6 is 0 Å². The lowest BCUT2D eigenvalue weighted by Gasteiger charge is -2.50. The molecule has 0 aliphatic carbocycles. The number of ether oxygens (including phenoxy) is 4. The Morgan fingerprint density at radius 2 is 1.87 bits per heavy atom. The fraction of sp³-hybridized carbons (Fsp3) is 0.792. The van der Waals surface area contributed by atoms with Gasteiger partial charge in [0.2, 0.25) is 0 Å². The lowest BCUT2D eigenvalue weighted by molar-refractivity contribution is -0.368. The Hall–Kier alpha value is -1.05. The second kappa shape index (κ2) is 12.7. The zero-order chi connectivity index (χ0) is 22.9. The zero-order valence-electron chi connectivity index (χ0n) is 20.0. The maximum atomic E-state index is 12.0. The van der Waals surface area contributed by atoms with Gasteiger partial charge in [-0.2, -0.15) is 0 Å². The van der Waals surface area contributed by atoms with Crippen LogP contribution in [0.5, 0.6) is 0 Å². The minimum atomic E-state index is -0.985.